The summed E-state index contributed by atoms with van der Waals surface area (Å²) in [7, 11) is 0. The lowest BCUT2D eigenvalue weighted by molar-refractivity contribution is -0.132. The van der Waals surface area contributed by atoms with Crippen LogP contribution in [0.4, 0.5) is 5.82 Å². The average Bonchev–Trinajstić information content (AvgIpc) is 2.77. The SMILES string of the molecule is CC(C)c1nc(N2CCN(C(=O)Cc3cccc(Cl)c3)C(C)C2)c(C#N)c2c1COC(C)(C)C2. The Morgan fingerprint density at radius 3 is 2.74 bits per heavy atom. The summed E-state index contributed by atoms with van der Waals surface area (Å²) in [5.41, 5.74) is 4.40. The molecule has 4 rings (SSSR count). The van der Waals surface area contributed by atoms with Crippen LogP contribution in [0.5, 0.6) is 0 Å². The Labute approximate surface area is 207 Å². The minimum Gasteiger partial charge on any atom is -0.370 e. The highest BCUT2D eigenvalue weighted by atomic mass is 35.5. The lowest BCUT2D eigenvalue weighted by Gasteiger charge is -2.42. The first kappa shape index (κ1) is 24.5. The third kappa shape index (κ3) is 4.92. The van der Waals surface area contributed by atoms with Gasteiger partial charge in [-0.2, -0.15) is 5.26 Å². The Morgan fingerprint density at radius 1 is 1.32 bits per heavy atom. The van der Waals surface area contributed by atoms with Crippen molar-refractivity contribution in [1.29, 1.82) is 5.26 Å². The van der Waals surface area contributed by atoms with Crippen LogP contribution in [0.15, 0.2) is 24.3 Å². The minimum absolute atomic E-state index is 0.00656. The Bertz CT molecular complexity index is 1140. The van der Waals surface area contributed by atoms with Gasteiger partial charge in [-0.1, -0.05) is 37.6 Å². The van der Waals surface area contributed by atoms with Crippen molar-refractivity contribution < 1.29 is 9.53 Å². The Hall–Kier alpha value is -2.62. The standard InChI is InChI=1S/C27H33ClN4O2/c1-17(2)25-23-16-34-27(4,5)13-21(23)22(14-29)26(30-25)31-9-10-32(18(3)15-31)24(33)12-19-7-6-8-20(28)11-19/h6-8,11,17-18H,9-10,12-13,15-16H2,1-5H3. The molecule has 34 heavy (non-hydrogen) atoms. The summed E-state index contributed by atoms with van der Waals surface area (Å²) in [6.45, 7) is 12.8. The second-order valence-electron chi connectivity index (χ2n) is 10.3. The smallest absolute Gasteiger partial charge is 0.227 e. The first-order valence-corrected chi connectivity index (χ1v) is 12.4. The monoisotopic (exact) mass is 480 g/mol. The topological polar surface area (TPSA) is 69.5 Å². The maximum Gasteiger partial charge on any atom is 0.227 e. The van der Waals surface area contributed by atoms with Crippen molar-refractivity contribution in [2.75, 3.05) is 24.5 Å². The van der Waals surface area contributed by atoms with Gasteiger partial charge in [-0.05, 0) is 49.9 Å². The number of benzene rings is 1. The summed E-state index contributed by atoms with van der Waals surface area (Å²) in [5, 5.41) is 10.8. The van der Waals surface area contributed by atoms with Crippen molar-refractivity contribution in [1.82, 2.24) is 9.88 Å². The van der Waals surface area contributed by atoms with Crippen LogP contribution in [-0.4, -0.2) is 47.1 Å². The van der Waals surface area contributed by atoms with Crippen molar-refractivity contribution in [3.05, 3.63) is 57.2 Å². The molecule has 0 spiro atoms. The highest BCUT2D eigenvalue weighted by Crippen LogP contribution is 2.38. The maximum atomic E-state index is 13.0. The molecule has 0 N–H and O–H groups in total. The van der Waals surface area contributed by atoms with E-state index in [1.54, 1.807) is 0 Å². The number of anilines is 1. The summed E-state index contributed by atoms with van der Waals surface area (Å²) in [5.74, 6) is 1.06. The zero-order valence-corrected chi connectivity index (χ0v) is 21.4. The molecule has 2 aliphatic rings. The van der Waals surface area contributed by atoms with Gasteiger partial charge in [0.1, 0.15) is 11.9 Å². The van der Waals surface area contributed by atoms with Crippen LogP contribution in [0.3, 0.4) is 0 Å². The van der Waals surface area contributed by atoms with Gasteiger partial charge in [0.25, 0.3) is 0 Å². The second kappa shape index (κ2) is 9.56. The number of piperazine rings is 1. The lowest BCUT2D eigenvalue weighted by Crippen LogP contribution is -2.55. The van der Waals surface area contributed by atoms with E-state index in [1.807, 2.05) is 29.2 Å². The number of carbonyl (C=O) groups is 1. The number of hydrogen-bond acceptors (Lipinski definition) is 5. The van der Waals surface area contributed by atoms with E-state index in [1.165, 1.54) is 0 Å². The molecule has 6 nitrogen and oxygen atoms in total. The Balaban J connectivity index is 1.59. The van der Waals surface area contributed by atoms with Crippen molar-refractivity contribution in [2.24, 2.45) is 0 Å². The molecule has 1 saturated heterocycles. The number of amides is 1. The first-order chi connectivity index (χ1) is 16.1. The summed E-state index contributed by atoms with van der Waals surface area (Å²) in [6.07, 6.45) is 1.02. The molecule has 1 unspecified atom stereocenters. The number of pyridine rings is 1. The molecular formula is C27H33ClN4O2. The van der Waals surface area contributed by atoms with E-state index >= 15 is 0 Å². The van der Waals surface area contributed by atoms with Gasteiger partial charge in [0.15, 0.2) is 0 Å². The quantitative estimate of drug-likeness (QED) is 0.625. The van der Waals surface area contributed by atoms with Gasteiger partial charge >= 0.3 is 0 Å². The molecule has 2 aliphatic heterocycles. The molecule has 180 valence electrons. The molecule has 2 aromatic rings. The highest BCUT2D eigenvalue weighted by Gasteiger charge is 2.35. The molecule has 1 aromatic carbocycles. The second-order valence-corrected chi connectivity index (χ2v) is 10.8. The molecule has 0 aliphatic carbocycles. The normalized spacial score (nSPS) is 19.6. The number of rotatable bonds is 4. The molecule has 1 fully saturated rings. The van der Waals surface area contributed by atoms with Gasteiger partial charge in [-0.15, -0.1) is 0 Å². The number of ether oxygens (including phenoxy) is 1. The lowest BCUT2D eigenvalue weighted by atomic mass is 9.86. The van der Waals surface area contributed by atoms with Crippen molar-refractivity contribution >= 4 is 23.3 Å². The van der Waals surface area contributed by atoms with Crippen LogP contribution in [-0.2, 0) is 29.0 Å². The van der Waals surface area contributed by atoms with Crippen LogP contribution < -0.4 is 4.90 Å². The Morgan fingerprint density at radius 2 is 2.09 bits per heavy atom. The average molecular weight is 481 g/mol. The summed E-state index contributed by atoms with van der Waals surface area (Å²) >= 11 is 6.09. The third-order valence-corrected chi connectivity index (χ3v) is 7.02. The van der Waals surface area contributed by atoms with Crippen molar-refractivity contribution in [3.63, 3.8) is 0 Å². The van der Waals surface area contributed by atoms with E-state index in [0.717, 1.165) is 28.2 Å². The summed E-state index contributed by atoms with van der Waals surface area (Å²) in [4.78, 5) is 22.2. The van der Waals surface area contributed by atoms with Gasteiger partial charge < -0.3 is 14.5 Å². The summed E-state index contributed by atoms with van der Waals surface area (Å²) < 4.78 is 6.07. The fourth-order valence-electron chi connectivity index (χ4n) is 5.05. The van der Waals surface area contributed by atoms with E-state index in [0.29, 0.717) is 49.7 Å². The van der Waals surface area contributed by atoms with Crippen LogP contribution in [0.2, 0.25) is 5.02 Å². The van der Waals surface area contributed by atoms with E-state index in [-0.39, 0.29) is 23.5 Å². The van der Waals surface area contributed by atoms with Gasteiger partial charge in [-0.25, -0.2) is 4.98 Å². The molecule has 0 saturated carbocycles. The predicted molar refractivity (Wildman–Crippen MR) is 134 cm³/mol. The molecule has 3 heterocycles. The molecule has 0 radical (unpaired) electrons. The molecule has 0 bridgehead atoms. The maximum absolute atomic E-state index is 13.0. The van der Waals surface area contributed by atoms with E-state index in [4.69, 9.17) is 21.3 Å². The minimum atomic E-state index is -0.315. The highest BCUT2D eigenvalue weighted by molar-refractivity contribution is 6.30. The van der Waals surface area contributed by atoms with E-state index in [2.05, 4.69) is 45.6 Å². The molecule has 1 aromatic heterocycles. The third-order valence-electron chi connectivity index (χ3n) is 6.79. The number of aromatic nitrogens is 1. The molecule has 1 atom stereocenters. The number of nitrogens with zero attached hydrogens (tertiary/aromatic N) is 4. The van der Waals surface area contributed by atoms with Crippen LogP contribution in [0.25, 0.3) is 0 Å². The van der Waals surface area contributed by atoms with E-state index in [9.17, 15) is 10.1 Å². The zero-order chi connectivity index (χ0) is 24.6. The molecule has 1 amide bonds. The number of carbonyl (C=O) groups excluding carboxylic acids is 1. The fourth-order valence-corrected chi connectivity index (χ4v) is 5.26. The number of nitriles is 1. The number of hydrogen-bond donors (Lipinski definition) is 0. The van der Waals surface area contributed by atoms with Gasteiger partial charge in [-0.3, -0.25) is 4.79 Å². The molecule has 7 heteroatoms. The van der Waals surface area contributed by atoms with Gasteiger partial charge in [0, 0.05) is 42.7 Å². The zero-order valence-electron chi connectivity index (χ0n) is 20.7. The number of fused-ring (bicyclic) bond motifs is 1. The van der Waals surface area contributed by atoms with Crippen molar-refractivity contribution in [2.45, 2.75) is 71.6 Å². The van der Waals surface area contributed by atoms with E-state index < -0.39 is 0 Å². The van der Waals surface area contributed by atoms with Crippen molar-refractivity contribution in [3.8, 4) is 6.07 Å². The van der Waals surface area contributed by atoms with Crippen LogP contribution >= 0.6 is 11.6 Å². The van der Waals surface area contributed by atoms with Crippen LogP contribution in [0.1, 0.15) is 68.5 Å². The number of halogens is 1. The largest absolute Gasteiger partial charge is 0.370 e. The molecular weight excluding hydrogens is 448 g/mol. The van der Waals surface area contributed by atoms with Gasteiger partial charge in [0.05, 0.1) is 29.9 Å². The Kier molecular flexibility index (Phi) is 6.89. The summed E-state index contributed by atoms with van der Waals surface area (Å²) in [6, 6.07) is 9.92. The van der Waals surface area contributed by atoms with Gasteiger partial charge in [0.2, 0.25) is 5.91 Å². The predicted octanol–water partition coefficient (Wildman–Crippen LogP) is 4.86. The first-order valence-electron chi connectivity index (χ1n) is 12.0. The van der Waals surface area contributed by atoms with Crippen LogP contribution in [0, 0.1) is 11.3 Å². The fraction of sp³-hybridized carbons (Fsp3) is 0.519.